The molecule has 1 atom stereocenters. The molecule has 3 heterocycles. The van der Waals surface area contributed by atoms with Gasteiger partial charge in [-0.2, -0.15) is 0 Å². The number of rotatable bonds is 5. The Bertz CT molecular complexity index is 1510. The molecule has 2 aromatic carbocycles. The molecule has 2 aliphatic rings. The fraction of sp³-hybridized carbons (Fsp3) is 0.379. The summed E-state index contributed by atoms with van der Waals surface area (Å²) < 4.78 is 40.5. The largest absolute Gasteiger partial charge is 0.481 e. The number of methoxy groups -OCH3 is 1. The zero-order chi connectivity index (χ0) is 27.1. The zero-order valence-corrected chi connectivity index (χ0v) is 22.1. The predicted octanol–water partition coefficient (Wildman–Crippen LogP) is 7.28. The summed E-state index contributed by atoms with van der Waals surface area (Å²) in [6, 6.07) is 11.0. The first kappa shape index (κ1) is 23.7. The number of imidazole rings is 1. The first-order valence-electron chi connectivity index (χ1n) is 13.5. The summed E-state index contributed by atoms with van der Waals surface area (Å²) in [5.41, 5.74) is 5.50. The Hall–Kier alpha value is -3.36. The van der Waals surface area contributed by atoms with Crippen molar-refractivity contribution < 1.29 is 19.8 Å². The smallest absolute Gasteiger partial charge is 0.161 e. The summed E-state index contributed by atoms with van der Waals surface area (Å²) in [6.45, 7) is 4.14. The topological polar surface area (TPSA) is 65.6 Å². The molecular formula is C29H30ClFN4O3. The molecule has 1 fully saturated rings. The predicted molar refractivity (Wildman–Crippen MR) is 145 cm³/mol. The molecule has 7 nitrogen and oxygen atoms in total. The first-order chi connectivity index (χ1) is 18.9. The van der Waals surface area contributed by atoms with Gasteiger partial charge in [-0.1, -0.05) is 22.8 Å². The minimum Gasteiger partial charge on any atom is -0.481 e. The van der Waals surface area contributed by atoms with Gasteiger partial charge in [-0.15, -0.1) is 0 Å². The third-order valence-corrected chi connectivity index (χ3v) is 7.98. The molecule has 0 unspecified atom stereocenters. The van der Waals surface area contributed by atoms with Crippen molar-refractivity contribution in [2.75, 3.05) is 18.7 Å². The van der Waals surface area contributed by atoms with Crippen molar-refractivity contribution >= 4 is 28.3 Å². The summed E-state index contributed by atoms with van der Waals surface area (Å²) in [6.07, 6.45) is 7.41. The van der Waals surface area contributed by atoms with Crippen LogP contribution in [0.2, 0.25) is 5.02 Å². The Balaban J connectivity index is 1.47. The molecular weight excluding hydrogens is 507 g/mol. The first-order valence-corrected chi connectivity index (χ1v) is 13.2. The molecule has 1 aliphatic heterocycles. The molecule has 1 saturated carbocycles. The molecule has 0 saturated heterocycles. The van der Waals surface area contributed by atoms with Crippen molar-refractivity contribution in [1.29, 1.82) is 0 Å². The van der Waals surface area contributed by atoms with E-state index in [-0.39, 0.29) is 37.0 Å². The molecule has 198 valence electrons. The lowest BCUT2D eigenvalue weighted by atomic mass is 9.92. The van der Waals surface area contributed by atoms with Crippen molar-refractivity contribution in [3.8, 4) is 11.1 Å². The van der Waals surface area contributed by atoms with Gasteiger partial charge in [-0.3, -0.25) is 0 Å². The van der Waals surface area contributed by atoms with Crippen molar-refractivity contribution in [1.82, 2.24) is 14.7 Å². The molecule has 38 heavy (non-hydrogen) atoms. The van der Waals surface area contributed by atoms with E-state index in [2.05, 4.69) is 27.9 Å². The van der Waals surface area contributed by atoms with Gasteiger partial charge in [0.15, 0.2) is 6.73 Å². The Labute approximate surface area is 227 Å². The Morgan fingerprint density at radius 3 is 2.71 bits per heavy atom. The number of benzene rings is 2. The van der Waals surface area contributed by atoms with Gasteiger partial charge in [0.05, 0.1) is 35.5 Å². The van der Waals surface area contributed by atoms with Gasteiger partial charge in [0.25, 0.3) is 0 Å². The lowest BCUT2D eigenvalue weighted by Crippen LogP contribution is -2.34. The third-order valence-electron chi connectivity index (χ3n) is 7.69. The maximum Gasteiger partial charge on any atom is 0.161 e. The molecule has 0 N–H and O–H groups in total. The maximum atomic E-state index is 14.0. The van der Waals surface area contributed by atoms with Crippen LogP contribution in [-0.2, 0) is 9.47 Å². The van der Waals surface area contributed by atoms with Crippen LogP contribution in [0, 0.1) is 19.7 Å². The Kier molecular flexibility index (Phi) is 6.29. The second-order valence-corrected chi connectivity index (χ2v) is 10.4. The van der Waals surface area contributed by atoms with Gasteiger partial charge in [0.2, 0.25) is 0 Å². The summed E-state index contributed by atoms with van der Waals surface area (Å²) >= 11 is 6.16. The van der Waals surface area contributed by atoms with E-state index in [1.165, 1.54) is 6.07 Å². The van der Waals surface area contributed by atoms with E-state index in [0.717, 1.165) is 70.8 Å². The van der Waals surface area contributed by atoms with Gasteiger partial charge >= 0.3 is 0 Å². The van der Waals surface area contributed by atoms with E-state index >= 15 is 0 Å². The highest BCUT2D eigenvalue weighted by Crippen LogP contribution is 2.40. The van der Waals surface area contributed by atoms with Crippen LogP contribution in [-0.4, -0.2) is 34.6 Å². The molecule has 1 aliphatic carbocycles. The second-order valence-electron chi connectivity index (χ2n) is 9.98. The van der Waals surface area contributed by atoms with Crippen LogP contribution in [0.1, 0.15) is 56.4 Å². The second kappa shape index (κ2) is 10.1. The summed E-state index contributed by atoms with van der Waals surface area (Å²) in [5.74, 6) is 1.19. The van der Waals surface area contributed by atoms with E-state index < -0.39 is 5.82 Å². The summed E-state index contributed by atoms with van der Waals surface area (Å²) in [5, 5.41) is 4.19. The number of halogens is 2. The average Bonchev–Trinajstić information content (AvgIpc) is 3.49. The van der Waals surface area contributed by atoms with Crippen LogP contribution in [0.15, 0.2) is 53.3 Å². The number of anilines is 1. The van der Waals surface area contributed by atoms with E-state index in [0.29, 0.717) is 0 Å². The quantitative estimate of drug-likeness (QED) is 0.266. The normalized spacial score (nSPS) is 22.1. The van der Waals surface area contributed by atoms with Gasteiger partial charge in [-0.05, 0) is 81.5 Å². The molecule has 0 amide bonds. The van der Waals surface area contributed by atoms with Crippen LogP contribution >= 0.6 is 11.6 Å². The van der Waals surface area contributed by atoms with E-state index in [1.807, 2.05) is 24.8 Å². The fourth-order valence-corrected chi connectivity index (χ4v) is 5.97. The minimum atomic E-state index is -0.462. The van der Waals surface area contributed by atoms with Crippen molar-refractivity contribution in [2.45, 2.75) is 57.7 Å². The van der Waals surface area contributed by atoms with Crippen molar-refractivity contribution in [3.05, 3.63) is 76.9 Å². The van der Waals surface area contributed by atoms with Crippen LogP contribution in [0.4, 0.5) is 10.1 Å². The number of nitrogens with zero attached hydrogens (tertiary/aromatic N) is 4. The average molecular weight is 538 g/mol. The number of hydrogen-bond acceptors (Lipinski definition) is 6. The SMILES string of the molecule is [2H]COC1CCC(n2c([C@@H]3C=COCN3c3ccc(F)c(Cl)c3)nc3cc(-c4c(C)noc4C)ccc32)CC1. The number of hydrogen-bond donors (Lipinski definition) is 0. The van der Waals surface area contributed by atoms with Crippen LogP contribution in [0.5, 0.6) is 0 Å². The van der Waals surface area contributed by atoms with Gasteiger partial charge in [-0.25, -0.2) is 9.37 Å². The highest BCUT2D eigenvalue weighted by Gasteiger charge is 2.32. The monoisotopic (exact) mass is 537 g/mol. The van der Waals surface area contributed by atoms with E-state index in [4.69, 9.17) is 32.0 Å². The maximum absolute atomic E-state index is 14.0. The zero-order valence-electron chi connectivity index (χ0n) is 22.4. The molecule has 0 radical (unpaired) electrons. The lowest BCUT2D eigenvalue weighted by Gasteiger charge is -2.36. The molecule has 2 aromatic heterocycles. The van der Waals surface area contributed by atoms with Crippen LogP contribution in [0.3, 0.4) is 0 Å². The minimum absolute atomic E-state index is 0.0128. The van der Waals surface area contributed by atoms with Crippen LogP contribution < -0.4 is 4.90 Å². The van der Waals surface area contributed by atoms with Crippen molar-refractivity contribution in [3.63, 3.8) is 0 Å². The summed E-state index contributed by atoms with van der Waals surface area (Å²) in [7, 11) is -0.0128. The molecule has 0 spiro atoms. The summed E-state index contributed by atoms with van der Waals surface area (Å²) in [4.78, 5) is 7.24. The van der Waals surface area contributed by atoms with Crippen LogP contribution in [0.25, 0.3) is 22.2 Å². The Morgan fingerprint density at radius 1 is 1.13 bits per heavy atom. The standard InChI is InChI=1S/C29H30ClFN4O3/c1-17-28(18(2)38-33-17)19-4-11-26-25(14-19)32-29(35(26)20-5-8-22(36-3)9-6-20)27-12-13-37-16-34(27)21-7-10-24(31)23(30)15-21/h4,7,10-15,20,22,27H,5-6,8-9,16H2,1-3H3/t20?,22?,27-/m0/s1/i3D. The Morgan fingerprint density at radius 2 is 1.97 bits per heavy atom. The van der Waals surface area contributed by atoms with E-state index in [1.54, 1.807) is 18.4 Å². The number of fused-ring (bicyclic) bond motifs is 1. The van der Waals surface area contributed by atoms with Gasteiger partial charge in [0.1, 0.15) is 23.4 Å². The molecule has 0 bridgehead atoms. The fourth-order valence-electron chi connectivity index (χ4n) is 5.79. The van der Waals surface area contributed by atoms with Gasteiger partial charge < -0.3 is 23.5 Å². The number of ether oxygens (including phenoxy) is 2. The molecule has 6 rings (SSSR count). The molecule has 9 heteroatoms. The number of aryl methyl sites for hydroxylation is 2. The number of aromatic nitrogens is 3. The lowest BCUT2D eigenvalue weighted by molar-refractivity contribution is 0.0584. The molecule has 4 aromatic rings. The highest BCUT2D eigenvalue weighted by atomic mass is 35.5. The third kappa shape index (κ3) is 4.35. The van der Waals surface area contributed by atoms with E-state index in [9.17, 15) is 4.39 Å². The highest BCUT2D eigenvalue weighted by molar-refractivity contribution is 6.31. The van der Waals surface area contributed by atoms with Gasteiger partial charge in [0, 0.05) is 24.4 Å². The van der Waals surface area contributed by atoms with Crippen molar-refractivity contribution in [2.24, 2.45) is 0 Å².